The van der Waals surface area contributed by atoms with Crippen molar-refractivity contribution in [3.8, 4) is 5.95 Å². The molecule has 2 saturated heterocycles. The van der Waals surface area contributed by atoms with Crippen molar-refractivity contribution in [2.75, 3.05) is 43.1 Å². The van der Waals surface area contributed by atoms with Gasteiger partial charge < -0.3 is 14.5 Å². The van der Waals surface area contributed by atoms with Gasteiger partial charge in [0.2, 0.25) is 11.9 Å². The highest BCUT2D eigenvalue weighted by molar-refractivity contribution is 5.88. The Morgan fingerprint density at radius 3 is 1.82 bits per heavy atom. The smallest absolute Gasteiger partial charge is 0.360 e. The van der Waals surface area contributed by atoms with E-state index in [4.69, 9.17) is 9.72 Å². The number of hydrogen-bond acceptors (Lipinski definition) is 9. The van der Waals surface area contributed by atoms with Crippen LogP contribution in [-0.4, -0.2) is 69.2 Å². The molecule has 4 rings (SSSR count). The minimum Gasteiger partial charge on any atom is -0.464 e. The van der Waals surface area contributed by atoms with E-state index in [2.05, 4.69) is 30.1 Å². The summed E-state index contributed by atoms with van der Waals surface area (Å²) >= 11 is 0. The molecular formula is C18H26N8O2. The standard InChI is InChI=1S/C18H26N8O2/c1-13-14(15(27)28-2)22-23-26(13)18-20-16(24-9-5-3-6-10-24)19-17(21-18)25-11-7-4-8-12-25/h3-12H2,1-2H3. The molecule has 0 bridgehead atoms. The Morgan fingerprint density at radius 2 is 1.32 bits per heavy atom. The van der Waals surface area contributed by atoms with Gasteiger partial charge in [-0.3, -0.25) is 0 Å². The van der Waals surface area contributed by atoms with Gasteiger partial charge in [-0.1, -0.05) is 5.21 Å². The Balaban J connectivity index is 1.75. The third-order valence-electron chi connectivity index (χ3n) is 5.34. The van der Waals surface area contributed by atoms with E-state index < -0.39 is 5.97 Å². The number of anilines is 2. The van der Waals surface area contributed by atoms with E-state index in [0.29, 0.717) is 23.5 Å². The molecule has 2 aromatic rings. The lowest BCUT2D eigenvalue weighted by molar-refractivity contribution is 0.0593. The molecule has 0 radical (unpaired) electrons. The van der Waals surface area contributed by atoms with E-state index in [-0.39, 0.29) is 5.69 Å². The Labute approximate surface area is 163 Å². The van der Waals surface area contributed by atoms with Crippen molar-refractivity contribution in [3.63, 3.8) is 0 Å². The molecule has 28 heavy (non-hydrogen) atoms. The monoisotopic (exact) mass is 386 g/mol. The second-order valence-corrected chi connectivity index (χ2v) is 7.26. The highest BCUT2D eigenvalue weighted by atomic mass is 16.5. The zero-order chi connectivity index (χ0) is 19.5. The van der Waals surface area contributed by atoms with Gasteiger partial charge in [-0.2, -0.15) is 19.6 Å². The number of piperidine rings is 2. The summed E-state index contributed by atoms with van der Waals surface area (Å²) in [6.07, 6.45) is 7.00. The van der Waals surface area contributed by atoms with Crippen molar-refractivity contribution in [2.24, 2.45) is 0 Å². The number of ether oxygens (including phenoxy) is 1. The van der Waals surface area contributed by atoms with Gasteiger partial charge >= 0.3 is 5.97 Å². The molecule has 2 fully saturated rings. The fourth-order valence-corrected chi connectivity index (χ4v) is 3.71. The third-order valence-corrected chi connectivity index (χ3v) is 5.34. The molecular weight excluding hydrogens is 360 g/mol. The summed E-state index contributed by atoms with van der Waals surface area (Å²) in [7, 11) is 1.33. The molecule has 0 atom stereocenters. The van der Waals surface area contributed by atoms with Gasteiger partial charge in [-0.15, -0.1) is 5.10 Å². The Morgan fingerprint density at radius 1 is 0.821 bits per heavy atom. The second kappa shape index (κ2) is 8.07. The van der Waals surface area contributed by atoms with Crippen LogP contribution in [0.15, 0.2) is 0 Å². The molecule has 10 nitrogen and oxygen atoms in total. The third kappa shape index (κ3) is 3.63. The van der Waals surface area contributed by atoms with Crippen LogP contribution in [0, 0.1) is 6.92 Å². The normalized spacial score (nSPS) is 17.6. The van der Waals surface area contributed by atoms with Crippen molar-refractivity contribution in [3.05, 3.63) is 11.4 Å². The molecule has 0 aliphatic carbocycles. The lowest BCUT2D eigenvalue weighted by Gasteiger charge is -2.30. The van der Waals surface area contributed by atoms with Crippen molar-refractivity contribution in [1.29, 1.82) is 0 Å². The summed E-state index contributed by atoms with van der Waals surface area (Å²) in [5, 5.41) is 8.06. The second-order valence-electron chi connectivity index (χ2n) is 7.26. The molecule has 0 unspecified atom stereocenters. The first kappa shape index (κ1) is 18.6. The summed E-state index contributed by atoms with van der Waals surface area (Å²) in [6.45, 7) is 5.51. The number of rotatable bonds is 4. The van der Waals surface area contributed by atoms with Gasteiger partial charge in [0.15, 0.2) is 5.69 Å². The molecule has 2 aliphatic heterocycles. The lowest BCUT2D eigenvalue weighted by Crippen LogP contribution is -2.35. The van der Waals surface area contributed by atoms with Gasteiger partial charge in [0, 0.05) is 26.2 Å². The first-order chi connectivity index (χ1) is 13.7. The number of nitrogens with zero attached hydrogens (tertiary/aromatic N) is 8. The molecule has 150 valence electrons. The van der Waals surface area contributed by atoms with E-state index in [1.54, 1.807) is 6.92 Å². The van der Waals surface area contributed by atoms with Crippen LogP contribution >= 0.6 is 0 Å². The van der Waals surface area contributed by atoms with Crippen molar-refractivity contribution in [2.45, 2.75) is 45.4 Å². The predicted octanol–water partition coefficient (Wildman–Crippen LogP) is 1.53. The zero-order valence-corrected chi connectivity index (χ0v) is 16.5. The summed E-state index contributed by atoms with van der Waals surface area (Å²) in [4.78, 5) is 30.4. The number of carbonyl (C=O) groups is 1. The van der Waals surface area contributed by atoms with Crippen LogP contribution < -0.4 is 9.80 Å². The Hall–Kier alpha value is -2.78. The fraction of sp³-hybridized carbons (Fsp3) is 0.667. The maximum atomic E-state index is 11.9. The van der Waals surface area contributed by atoms with Gasteiger partial charge in [0.1, 0.15) is 0 Å². The molecule has 10 heteroatoms. The van der Waals surface area contributed by atoms with E-state index in [0.717, 1.165) is 51.9 Å². The highest BCUT2D eigenvalue weighted by Crippen LogP contribution is 2.22. The molecule has 0 saturated carbocycles. The first-order valence-corrected chi connectivity index (χ1v) is 9.94. The topological polar surface area (TPSA) is 102 Å². The maximum absolute atomic E-state index is 11.9. The number of methoxy groups -OCH3 is 1. The van der Waals surface area contributed by atoms with Gasteiger partial charge in [-0.05, 0) is 45.4 Å². The molecule has 2 aliphatic rings. The van der Waals surface area contributed by atoms with Crippen molar-refractivity contribution >= 4 is 17.9 Å². The molecule has 0 aromatic carbocycles. The first-order valence-electron chi connectivity index (χ1n) is 9.94. The largest absolute Gasteiger partial charge is 0.464 e. The average molecular weight is 386 g/mol. The van der Waals surface area contributed by atoms with Crippen molar-refractivity contribution in [1.82, 2.24) is 29.9 Å². The van der Waals surface area contributed by atoms with Crippen LogP contribution in [0.2, 0.25) is 0 Å². The van der Waals surface area contributed by atoms with Crippen LogP contribution in [-0.2, 0) is 4.74 Å². The Bertz CT molecular complexity index is 804. The molecule has 0 N–H and O–H groups in total. The maximum Gasteiger partial charge on any atom is 0.360 e. The fourth-order valence-electron chi connectivity index (χ4n) is 3.71. The molecule has 0 spiro atoms. The molecule has 0 amide bonds. The summed E-state index contributed by atoms with van der Waals surface area (Å²) in [6, 6.07) is 0. The van der Waals surface area contributed by atoms with E-state index in [1.165, 1.54) is 24.6 Å². The zero-order valence-electron chi connectivity index (χ0n) is 16.5. The van der Waals surface area contributed by atoms with Crippen LogP contribution in [0.1, 0.15) is 54.7 Å². The summed E-state index contributed by atoms with van der Waals surface area (Å²) in [5.41, 5.74) is 0.717. The van der Waals surface area contributed by atoms with Crippen LogP contribution in [0.5, 0.6) is 0 Å². The molecule has 4 heterocycles. The number of carbonyl (C=O) groups excluding carboxylic acids is 1. The van der Waals surface area contributed by atoms with Crippen molar-refractivity contribution < 1.29 is 9.53 Å². The number of hydrogen-bond donors (Lipinski definition) is 0. The highest BCUT2D eigenvalue weighted by Gasteiger charge is 2.24. The van der Waals surface area contributed by atoms with E-state index in [9.17, 15) is 4.79 Å². The van der Waals surface area contributed by atoms with Crippen LogP contribution in [0.25, 0.3) is 5.95 Å². The predicted molar refractivity (Wildman–Crippen MR) is 103 cm³/mol. The van der Waals surface area contributed by atoms with Gasteiger partial charge in [-0.25, -0.2) is 4.79 Å². The lowest BCUT2D eigenvalue weighted by atomic mass is 10.1. The summed E-state index contributed by atoms with van der Waals surface area (Å²) < 4.78 is 6.27. The minimum absolute atomic E-state index is 0.168. The quantitative estimate of drug-likeness (QED) is 0.724. The summed E-state index contributed by atoms with van der Waals surface area (Å²) in [5.74, 6) is 1.20. The Kier molecular flexibility index (Phi) is 5.36. The van der Waals surface area contributed by atoms with Gasteiger partial charge in [0.05, 0.1) is 12.8 Å². The van der Waals surface area contributed by atoms with E-state index in [1.807, 2.05) is 0 Å². The molecule has 2 aromatic heterocycles. The van der Waals surface area contributed by atoms with Crippen LogP contribution in [0.3, 0.4) is 0 Å². The minimum atomic E-state index is -0.523. The number of esters is 1. The average Bonchev–Trinajstić information content (AvgIpc) is 3.15. The number of aromatic nitrogens is 6. The van der Waals surface area contributed by atoms with Gasteiger partial charge in [0.25, 0.3) is 5.95 Å². The van der Waals surface area contributed by atoms with Crippen LogP contribution in [0.4, 0.5) is 11.9 Å². The van der Waals surface area contributed by atoms with E-state index >= 15 is 0 Å². The SMILES string of the molecule is COC(=O)c1nnn(-c2nc(N3CCCCC3)nc(N3CCCCC3)n2)c1C.